The molecule has 1 fully saturated rings. The van der Waals surface area contributed by atoms with Gasteiger partial charge in [0.15, 0.2) is 17.5 Å². The molecule has 0 amide bonds. The average molecular weight is 407 g/mol. The zero-order chi connectivity index (χ0) is 21.1. The van der Waals surface area contributed by atoms with Crippen LogP contribution in [-0.4, -0.2) is 70.0 Å². The lowest BCUT2D eigenvalue weighted by molar-refractivity contribution is 0.00752. The molecule has 1 heterocycles. The lowest BCUT2D eigenvalue weighted by Gasteiger charge is -2.37. The standard InChI is InChI=1S/C22H38N4O3/c1-6-23-22(25-16-19(17(3)4)26-10-12-28-13-11-26)24-15-18-8-9-20(29-7-2)21(14-18)27-5/h8-9,14,17,19H,6-7,10-13,15-16H2,1-5H3,(H2,23,24,25). The molecule has 1 aromatic carbocycles. The molecule has 0 aromatic heterocycles. The van der Waals surface area contributed by atoms with Gasteiger partial charge in [-0.3, -0.25) is 4.90 Å². The average Bonchev–Trinajstić information content (AvgIpc) is 2.73. The van der Waals surface area contributed by atoms with Gasteiger partial charge < -0.3 is 24.8 Å². The number of nitrogens with one attached hydrogen (secondary N) is 2. The summed E-state index contributed by atoms with van der Waals surface area (Å²) in [7, 11) is 1.66. The highest BCUT2D eigenvalue weighted by molar-refractivity contribution is 5.79. The minimum atomic E-state index is 0.452. The lowest BCUT2D eigenvalue weighted by Crippen LogP contribution is -2.52. The Morgan fingerprint density at radius 2 is 1.93 bits per heavy atom. The Bertz CT molecular complexity index is 630. The van der Waals surface area contributed by atoms with Gasteiger partial charge in [-0.15, -0.1) is 0 Å². The van der Waals surface area contributed by atoms with Gasteiger partial charge in [0.25, 0.3) is 0 Å². The fourth-order valence-electron chi connectivity index (χ4n) is 3.49. The molecule has 1 aliphatic rings. The van der Waals surface area contributed by atoms with Crippen LogP contribution in [0.2, 0.25) is 0 Å². The molecule has 164 valence electrons. The summed E-state index contributed by atoms with van der Waals surface area (Å²) < 4.78 is 16.5. The first kappa shape index (κ1) is 23.3. The van der Waals surface area contributed by atoms with Crippen LogP contribution in [0.4, 0.5) is 0 Å². The number of methoxy groups -OCH3 is 1. The van der Waals surface area contributed by atoms with Gasteiger partial charge in [0.1, 0.15) is 0 Å². The first-order chi connectivity index (χ1) is 14.1. The van der Waals surface area contributed by atoms with Crippen LogP contribution in [0.1, 0.15) is 33.3 Å². The third-order valence-electron chi connectivity index (χ3n) is 5.05. The molecule has 2 N–H and O–H groups in total. The highest BCUT2D eigenvalue weighted by atomic mass is 16.5. The van der Waals surface area contributed by atoms with Crippen molar-refractivity contribution in [2.24, 2.45) is 10.9 Å². The predicted octanol–water partition coefficient (Wildman–Crippen LogP) is 2.51. The van der Waals surface area contributed by atoms with Crippen molar-refractivity contribution >= 4 is 5.96 Å². The van der Waals surface area contributed by atoms with E-state index in [1.54, 1.807) is 7.11 Å². The summed E-state index contributed by atoms with van der Waals surface area (Å²) in [4.78, 5) is 7.28. The molecule has 1 aliphatic heterocycles. The van der Waals surface area contributed by atoms with Crippen LogP contribution < -0.4 is 20.1 Å². The van der Waals surface area contributed by atoms with E-state index in [1.807, 2.05) is 25.1 Å². The molecular weight excluding hydrogens is 368 g/mol. The van der Waals surface area contributed by atoms with Gasteiger partial charge in [-0.25, -0.2) is 4.99 Å². The number of hydrogen-bond donors (Lipinski definition) is 2. The molecule has 29 heavy (non-hydrogen) atoms. The Kier molecular flexibility index (Phi) is 10.1. The summed E-state index contributed by atoms with van der Waals surface area (Å²) in [5, 5.41) is 6.88. The molecule has 0 bridgehead atoms. The maximum absolute atomic E-state index is 5.59. The molecule has 1 atom stereocenters. The summed E-state index contributed by atoms with van der Waals surface area (Å²) in [5.74, 6) is 2.89. The van der Waals surface area contributed by atoms with E-state index in [1.165, 1.54) is 0 Å². The molecule has 1 unspecified atom stereocenters. The minimum absolute atomic E-state index is 0.452. The van der Waals surface area contributed by atoms with E-state index in [2.05, 4.69) is 36.3 Å². The summed E-state index contributed by atoms with van der Waals surface area (Å²) in [5.41, 5.74) is 1.08. The van der Waals surface area contributed by atoms with Crippen LogP contribution in [0, 0.1) is 5.92 Å². The fraction of sp³-hybridized carbons (Fsp3) is 0.682. The van der Waals surface area contributed by atoms with Crippen molar-refractivity contribution in [3.8, 4) is 11.5 Å². The van der Waals surface area contributed by atoms with Crippen molar-refractivity contribution in [2.45, 2.75) is 40.3 Å². The zero-order valence-corrected chi connectivity index (χ0v) is 18.7. The molecule has 0 radical (unpaired) electrons. The molecule has 0 spiro atoms. The van der Waals surface area contributed by atoms with Crippen molar-refractivity contribution in [3.63, 3.8) is 0 Å². The third kappa shape index (κ3) is 7.40. The third-order valence-corrected chi connectivity index (χ3v) is 5.05. The Hall–Kier alpha value is -1.99. The normalized spacial score (nSPS) is 16.6. The molecule has 0 aliphatic carbocycles. The van der Waals surface area contributed by atoms with Crippen LogP contribution in [0.5, 0.6) is 11.5 Å². The first-order valence-electron chi connectivity index (χ1n) is 10.7. The molecule has 2 rings (SSSR count). The van der Waals surface area contributed by atoms with Crippen molar-refractivity contribution in [2.75, 3.05) is 53.1 Å². The van der Waals surface area contributed by atoms with Crippen molar-refractivity contribution in [1.82, 2.24) is 15.5 Å². The van der Waals surface area contributed by atoms with Crippen LogP contribution >= 0.6 is 0 Å². The summed E-state index contributed by atoms with van der Waals surface area (Å²) in [6.45, 7) is 15.1. The van der Waals surface area contributed by atoms with Gasteiger partial charge in [-0.1, -0.05) is 19.9 Å². The highest BCUT2D eigenvalue weighted by Crippen LogP contribution is 2.28. The Morgan fingerprint density at radius 1 is 1.17 bits per heavy atom. The maximum Gasteiger partial charge on any atom is 0.191 e. The van der Waals surface area contributed by atoms with E-state index in [4.69, 9.17) is 19.2 Å². The van der Waals surface area contributed by atoms with Crippen LogP contribution in [0.3, 0.4) is 0 Å². The SMILES string of the molecule is CCNC(=NCc1ccc(OCC)c(OC)c1)NCC(C(C)C)N1CCOCC1. The quantitative estimate of drug-likeness (QED) is 0.460. The summed E-state index contributed by atoms with van der Waals surface area (Å²) in [6, 6.07) is 6.42. The Labute approximate surface area is 175 Å². The van der Waals surface area contributed by atoms with E-state index in [9.17, 15) is 0 Å². The molecule has 1 saturated heterocycles. The Balaban J connectivity index is 2.01. The first-order valence-corrected chi connectivity index (χ1v) is 10.7. The second-order valence-corrected chi connectivity index (χ2v) is 7.45. The zero-order valence-electron chi connectivity index (χ0n) is 18.7. The van der Waals surface area contributed by atoms with Gasteiger partial charge in [-0.2, -0.15) is 0 Å². The fourth-order valence-corrected chi connectivity index (χ4v) is 3.49. The van der Waals surface area contributed by atoms with E-state index >= 15 is 0 Å². The second kappa shape index (κ2) is 12.5. The van der Waals surface area contributed by atoms with Crippen LogP contribution in [0.15, 0.2) is 23.2 Å². The second-order valence-electron chi connectivity index (χ2n) is 7.45. The molecule has 1 aromatic rings. The smallest absolute Gasteiger partial charge is 0.191 e. The van der Waals surface area contributed by atoms with E-state index in [-0.39, 0.29) is 0 Å². The maximum atomic E-state index is 5.59. The topological polar surface area (TPSA) is 67.4 Å². The van der Waals surface area contributed by atoms with Crippen molar-refractivity contribution in [3.05, 3.63) is 23.8 Å². The van der Waals surface area contributed by atoms with Gasteiger partial charge in [0.05, 0.1) is 33.5 Å². The van der Waals surface area contributed by atoms with E-state index < -0.39 is 0 Å². The number of nitrogens with zero attached hydrogens (tertiary/aromatic N) is 2. The number of rotatable bonds is 10. The lowest BCUT2D eigenvalue weighted by atomic mass is 10.0. The molecule has 7 nitrogen and oxygen atoms in total. The number of guanidine groups is 1. The summed E-state index contributed by atoms with van der Waals surface area (Å²) >= 11 is 0. The number of hydrogen-bond acceptors (Lipinski definition) is 5. The van der Waals surface area contributed by atoms with Crippen LogP contribution in [0.25, 0.3) is 0 Å². The Morgan fingerprint density at radius 3 is 2.55 bits per heavy atom. The van der Waals surface area contributed by atoms with Gasteiger partial charge in [0.2, 0.25) is 0 Å². The van der Waals surface area contributed by atoms with E-state index in [0.717, 1.165) is 62.4 Å². The predicted molar refractivity (Wildman–Crippen MR) is 118 cm³/mol. The van der Waals surface area contributed by atoms with Crippen LogP contribution in [-0.2, 0) is 11.3 Å². The number of aliphatic imine (C=N–C) groups is 1. The largest absolute Gasteiger partial charge is 0.493 e. The molecular formula is C22H38N4O3. The monoisotopic (exact) mass is 406 g/mol. The van der Waals surface area contributed by atoms with Crippen molar-refractivity contribution in [1.29, 1.82) is 0 Å². The number of ether oxygens (including phenoxy) is 3. The minimum Gasteiger partial charge on any atom is -0.493 e. The van der Waals surface area contributed by atoms with Gasteiger partial charge in [-0.05, 0) is 37.5 Å². The van der Waals surface area contributed by atoms with Gasteiger partial charge in [0, 0.05) is 32.2 Å². The summed E-state index contributed by atoms with van der Waals surface area (Å²) in [6.07, 6.45) is 0. The highest BCUT2D eigenvalue weighted by Gasteiger charge is 2.23. The number of benzene rings is 1. The van der Waals surface area contributed by atoms with Gasteiger partial charge >= 0.3 is 0 Å². The van der Waals surface area contributed by atoms with E-state index in [0.29, 0.717) is 25.1 Å². The number of morpholine rings is 1. The molecule has 0 saturated carbocycles. The van der Waals surface area contributed by atoms with Crippen molar-refractivity contribution < 1.29 is 14.2 Å². The molecule has 7 heteroatoms.